The highest BCUT2D eigenvalue weighted by Gasteiger charge is 2.23. The lowest BCUT2D eigenvalue weighted by molar-refractivity contribution is 0.0949. The largest absolute Gasteiger partial charge is 0.349 e. The number of nitrogens with one attached hydrogen (secondary N) is 2. The number of hydrogen-bond donors (Lipinski definition) is 2. The normalized spacial score (nSPS) is 13.1. The number of carbonyl (C=O) groups is 2. The zero-order valence-electron chi connectivity index (χ0n) is 17.2. The van der Waals surface area contributed by atoms with Crippen molar-refractivity contribution in [2.45, 2.75) is 29.0 Å². The van der Waals surface area contributed by atoms with Crippen LogP contribution in [0.25, 0.3) is 10.2 Å². The van der Waals surface area contributed by atoms with Gasteiger partial charge in [0.2, 0.25) is 0 Å². The second-order valence-electron chi connectivity index (χ2n) is 7.72. The van der Waals surface area contributed by atoms with Crippen LogP contribution in [0.1, 0.15) is 39.1 Å². The van der Waals surface area contributed by atoms with Crippen LogP contribution in [-0.4, -0.2) is 22.8 Å². The third-order valence-electron chi connectivity index (χ3n) is 5.15. The second-order valence-corrected chi connectivity index (χ2v) is 9.97. The molecule has 1 aromatic heterocycles. The minimum Gasteiger partial charge on any atom is -0.349 e. The molecular formula is C25H21N3O2S2. The SMILES string of the molecule is O=C(Nc1cccc(C(=O)NC2CC2)c1)c1ccc(CSc2nc3ccccc3s2)cc1. The quantitative estimate of drug-likeness (QED) is 0.346. The first-order chi connectivity index (χ1) is 15.6. The molecule has 1 heterocycles. The van der Waals surface area contributed by atoms with E-state index in [9.17, 15) is 9.59 Å². The Kier molecular flexibility index (Phi) is 5.92. The van der Waals surface area contributed by atoms with Gasteiger partial charge in [-0.05, 0) is 60.9 Å². The Balaban J connectivity index is 1.19. The van der Waals surface area contributed by atoms with E-state index in [0.29, 0.717) is 22.9 Å². The molecule has 7 heteroatoms. The molecule has 4 aromatic rings. The van der Waals surface area contributed by atoms with E-state index in [2.05, 4.69) is 21.7 Å². The molecule has 5 nitrogen and oxygen atoms in total. The maximum atomic E-state index is 12.6. The third kappa shape index (κ3) is 5.00. The monoisotopic (exact) mass is 459 g/mol. The number of rotatable bonds is 7. The Bertz CT molecular complexity index is 1250. The van der Waals surface area contributed by atoms with Gasteiger partial charge in [-0.15, -0.1) is 11.3 Å². The first-order valence-corrected chi connectivity index (χ1v) is 12.2. The fourth-order valence-electron chi connectivity index (χ4n) is 3.25. The summed E-state index contributed by atoms with van der Waals surface area (Å²) < 4.78 is 2.23. The zero-order chi connectivity index (χ0) is 21.9. The number of nitrogens with zero attached hydrogens (tertiary/aromatic N) is 1. The number of anilines is 1. The number of para-hydroxylation sites is 1. The molecule has 1 aliphatic rings. The second kappa shape index (κ2) is 9.14. The third-order valence-corrected chi connectivity index (χ3v) is 7.40. The van der Waals surface area contributed by atoms with E-state index >= 15 is 0 Å². The number of thiazole rings is 1. The highest BCUT2D eigenvalue weighted by Crippen LogP contribution is 2.31. The number of carbonyl (C=O) groups excluding carboxylic acids is 2. The van der Waals surface area contributed by atoms with E-state index in [0.717, 1.165) is 34.0 Å². The number of fused-ring (bicyclic) bond motifs is 1. The van der Waals surface area contributed by atoms with E-state index < -0.39 is 0 Å². The molecule has 3 aromatic carbocycles. The molecule has 0 atom stereocenters. The molecule has 0 aliphatic heterocycles. The molecule has 0 saturated heterocycles. The molecule has 0 bridgehead atoms. The Hall–Kier alpha value is -3.16. The number of thioether (sulfide) groups is 1. The molecular weight excluding hydrogens is 438 g/mol. The van der Waals surface area contributed by atoms with Gasteiger partial charge in [-0.1, -0.05) is 42.1 Å². The van der Waals surface area contributed by atoms with E-state index in [4.69, 9.17) is 0 Å². The summed E-state index contributed by atoms with van der Waals surface area (Å²) in [6.45, 7) is 0. The fraction of sp³-hybridized carbons (Fsp3) is 0.160. The first kappa shape index (κ1) is 20.7. The summed E-state index contributed by atoms with van der Waals surface area (Å²) in [4.78, 5) is 29.5. The zero-order valence-corrected chi connectivity index (χ0v) is 18.8. The van der Waals surface area contributed by atoms with Crippen LogP contribution in [0.5, 0.6) is 0 Å². The molecule has 32 heavy (non-hydrogen) atoms. The maximum absolute atomic E-state index is 12.6. The smallest absolute Gasteiger partial charge is 0.255 e. The van der Waals surface area contributed by atoms with Crippen molar-refractivity contribution in [2.75, 3.05) is 5.32 Å². The molecule has 0 unspecified atom stereocenters. The van der Waals surface area contributed by atoms with Crippen molar-refractivity contribution < 1.29 is 9.59 Å². The molecule has 5 rings (SSSR count). The van der Waals surface area contributed by atoms with Crippen LogP contribution in [0.2, 0.25) is 0 Å². The van der Waals surface area contributed by atoms with Gasteiger partial charge in [-0.25, -0.2) is 4.98 Å². The van der Waals surface area contributed by atoms with Crippen molar-refractivity contribution in [3.63, 3.8) is 0 Å². The van der Waals surface area contributed by atoms with E-state index in [1.54, 1.807) is 47.4 Å². The van der Waals surface area contributed by atoms with Crippen molar-refractivity contribution in [1.29, 1.82) is 0 Å². The summed E-state index contributed by atoms with van der Waals surface area (Å²) in [6, 6.07) is 23.0. The van der Waals surface area contributed by atoms with Gasteiger partial charge in [0.1, 0.15) is 0 Å². The first-order valence-electron chi connectivity index (χ1n) is 10.4. The minimum atomic E-state index is -0.199. The van der Waals surface area contributed by atoms with Gasteiger partial charge in [0, 0.05) is 28.6 Å². The van der Waals surface area contributed by atoms with E-state index in [1.807, 2.05) is 42.5 Å². The predicted octanol–water partition coefficient (Wildman–Crippen LogP) is 5.73. The van der Waals surface area contributed by atoms with Crippen LogP contribution in [0.4, 0.5) is 5.69 Å². The van der Waals surface area contributed by atoms with E-state index in [-0.39, 0.29) is 11.8 Å². The van der Waals surface area contributed by atoms with Crippen LogP contribution in [0.3, 0.4) is 0 Å². The van der Waals surface area contributed by atoms with Crippen molar-refractivity contribution in [3.8, 4) is 0 Å². The van der Waals surface area contributed by atoms with Gasteiger partial charge in [0.15, 0.2) is 4.34 Å². The highest BCUT2D eigenvalue weighted by atomic mass is 32.2. The standard InChI is InChI=1S/C25H21N3O2S2/c29-23(27-20-5-3-4-18(14-20)24(30)26-19-12-13-19)17-10-8-16(9-11-17)15-31-25-28-21-6-1-2-7-22(21)32-25/h1-11,14,19H,12-13,15H2,(H,26,30)(H,27,29). The number of amides is 2. The summed E-state index contributed by atoms with van der Waals surface area (Å²) in [5.74, 6) is 0.494. The molecule has 0 radical (unpaired) electrons. The number of hydrogen-bond acceptors (Lipinski definition) is 5. The lowest BCUT2D eigenvalue weighted by Gasteiger charge is -2.08. The van der Waals surface area contributed by atoms with Crippen LogP contribution in [0, 0.1) is 0 Å². The lowest BCUT2D eigenvalue weighted by Crippen LogP contribution is -2.25. The Morgan fingerprint density at radius 3 is 2.53 bits per heavy atom. The van der Waals surface area contributed by atoms with Crippen molar-refractivity contribution in [2.24, 2.45) is 0 Å². The fourth-order valence-corrected chi connectivity index (χ4v) is 5.27. The van der Waals surface area contributed by atoms with Gasteiger partial charge < -0.3 is 10.6 Å². The molecule has 1 aliphatic carbocycles. The molecule has 2 N–H and O–H groups in total. The summed E-state index contributed by atoms with van der Waals surface area (Å²) >= 11 is 3.39. The van der Waals surface area contributed by atoms with Crippen LogP contribution < -0.4 is 10.6 Å². The Labute approximate surface area is 194 Å². The van der Waals surface area contributed by atoms with Gasteiger partial charge in [-0.2, -0.15) is 0 Å². The van der Waals surface area contributed by atoms with Crippen molar-refractivity contribution in [3.05, 3.63) is 89.5 Å². The predicted molar refractivity (Wildman–Crippen MR) is 131 cm³/mol. The Morgan fingerprint density at radius 1 is 0.938 bits per heavy atom. The lowest BCUT2D eigenvalue weighted by atomic mass is 10.1. The van der Waals surface area contributed by atoms with Crippen LogP contribution >= 0.6 is 23.1 Å². The summed E-state index contributed by atoms with van der Waals surface area (Å²) in [7, 11) is 0. The molecule has 160 valence electrons. The van der Waals surface area contributed by atoms with Gasteiger partial charge in [-0.3, -0.25) is 9.59 Å². The van der Waals surface area contributed by atoms with Crippen molar-refractivity contribution >= 4 is 50.8 Å². The minimum absolute atomic E-state index is 0.0985. The Morgan fingerprint density at radius 2 is 1.75 bits per heavy atom. The summed E-state index contributed by atoms with van der Waals surface area (Å²) in [6.07, 6.45) is 2.08. The summed E-state index contributed by atoms with van der Waals surface area (Å²) in [5.41, 5.74) is 3.89. The molecule has 2 amide bonds. The average Bonchev–Trinajstić information content (AvgIpc) is 3.53. The van der Waals surface area contributed by atoms with Gasteiger partial charge >= 0.3 is 0 Å². The number of benzene rings is 3. The highest BCUT2D eigenvalue weighted by molar-refractivity contribution is 8.00. The summed E-state index contributed by atoms with van der Waals surface area (Å²) in [5, 5.41) is 5.84. The van der Waals surface area contributed by atoms with E-state index in [1.165, 1.54) is 4.70 Å². The number of aromatic nitrogens is 1. The maximum Gasteiger partial charge on any atom is 0.255 e. The molecule has 1 saturated carbocycles. The van der Waals surface area contributed by atoms with Crippen molar-refractivity contribution in [1.82, 2.24) is 10.3 Å². The van der Waals surface area contributed by atoms with Crippen LogP contribution in [-0.2, 0) is 5.75 Å². The van der Waals surface area contributed by atoms with Gasteiger partial charge in [0.05, 0.1) is 10.2 Å². The van der Waals surface area contributed by atoms with Crippen LogP contribution in [0.15, 0.2) is 77.1 Å². The molecule has 0 spiro atoms. The average molecular weight is 460 g/mol. The topological polar surface area (TPSA) is 71.1 Å². The van der Waals surface area contributed by atoms with Gasteiger partial charge in [0.25, 0.3) is 11.8 Å². The molecule has 1 fully saturated rings.